The largest absolute Gasteiger partial charge is 0.376 e. The minimum Gasteiger partial charge on any atom is -0.376 e. The van der Waals surface area contributed by atoms with Gasteiger partial charge in [-0.2, -0.15) is 5.26 Å². The fraction of sp³-hybridized carbons (Fsp3) is 0.562. The third-order valence-corrected chi connectivity index (χ3v) is 4.70. The molecular weight excluding hydrogens is 298 g/mol. The maximum Gasteiger partial charge on any atom is 0.233 e. The predicted octanol–water partition coefficient (Wildman–Crippen LogP) is 2.35. The molecule has 1 aromatic rings. The lowest BCUT2D eigenvalue weighted by molar-refractivity contribution is -0.120. The lowest BCUT2D eigenvalue weighted by Crippen LogP contribution is -2.36. The molecule has 1 aromatic heterocycles. The van der Waals surface area contributed by atoms with Gasteiger partial charge in [-0.1, -0.05) is 11.8 Å². The van der Waals surface area contributed by atoms with E-state index < -0.39 is 0 Å². The molecule has 0 spiro atoms. The summed E-state index contributed by atoms with van der Waals surface area (Å²) < 4.78 is 5.49. The fourth-order valence-corrected chi connectivity index (χ4v) is 3.45. The first kappa shape index (κ1) is 16.8. The molecule has 22 heavy (non-hydrogen) atoms. The summed E-state index contributed by atoms with van der Waals surface area (Å²) in [5.74, 6) is -0.0506. The second-order valence-electron chi connectivity index (χ2n) is 5.51. The van der Waals surface area contributed by atoms with Crippen molar-refractivity contribution in [1.29, 1.82) is 5.26 Å². The van der Waals surface area contributed by atoms with Crippen LogP contribution in [0.4, 0.5) is 0 Å². The van der Waals surface area contributed by atoms with Crippen LogP contribution in [0.25, 0.3) is 0 Å². The van der Waals surface area contributed by atoms with Crippen molar-refractivity contribution in [2.24, 2.45) is 0 Å². The number of nitrogens with one attached hydrogen (secondary N) is 1. The quantitative estimate of drug-likeness (QED) is 0.843. The molecule has 1 saturated heterocycles. The van der Waals surface area contributed by atoms with E-state index in [4.69, 9.17) is 4.74 Å². The molecule has 0 unspecified atom stereocenters. The highest BCUT2D eigenvalue weighted by molar-refractivity contribution is 8.00. The monoisotopic (exact) mass is 319 g/mol. The van der Waals surface area contributed by atoms with Crippen molar-refractivity contribution >= 4 is 17.7 Å². The van der Waals surface area contributed by atoms with Crippen LogP contribution in [0.15, 0.2) is 11.1 Å². The van der Waals surface area contributed by atoms with Crippen molar-refractivity contribution in [3.63, 3.8) is 0 Å². The van der Waals surface area contributed by atoms with Crippen LogP contribution in [0.5, 0.6) is 0 Å². The van der Waals surface area contributed by atoms with Crippen LogP contribution < -0.4 is 5.32 Å². The Morgan fingerprint density at radius 1 is 1.64 bits per heavy atom. The number of carbonyl (C=O) groups is 1. The lowest BCUT2D eigenvalue weighted by Gasteiger charge is -2.15. The van der Waals surface area contributed by atoms with Crippen LogP contribution in [0, 0.1) is 25.2 Å². The summed E-state index contributed by atoms with van der Waals surface area (Å²) in [6, 6.07) is 4.06. The van der Waals surface area contributed by atoms with Crippen molar-refractivity contribution in [2.75, 3.05) is 13.2 Å². The van der Waals surface area contributed by atoms with Gasteiger partial charge in [-0.15, -0.1) is 0 Å². The molecule has 5 nitrogen and oxygen atoms in total. The zero-order valence-corrected chi connectivity index (χ0v) is 14.0. The SMILES string of the molecule is Cc1cc(C)c(C#N)c(S[C@@H](C)C(=O)NC[C@@H]2CCCO2)n1. The first-order valence-electron chi connectivity index (χ1n) is 7.45. The molecule has 1 amide bonds. The average molecular weight is 319 g/mol. The van der Waals surface area contributed by atoms with Crippen LogP contribution in [-0.4, -0.2) is 35.4 Å². The molecule has 0 radical (unpaired) electrons. The molecule has 0 bridgehead atoms. The second-order valence-corrected chi connectivity index (χ2v) is 6.84. The van der Waals surface area contributed by atoms with E-state index in [1.165, 1.54) is 11.8 Å². The highest BCUT2D eigenvalue weighted by Crippen LogP contribution is 2.27. The fourth-order valence-electron chi connectivity index (χ4n) is 2.41. The first-order chi connectivity index (χ1) is 10.5. The second kappa shape index (κ2) is 7.61. The van der Waals surface area contributed by atoms with E-state index in [9.17, 15) is 10.1 Å². The third kappa shape index (κ3) is 4.21. The molecule has 1 aliphatic heterocycles. The molecule has 6 heteroatoms. The summed E-state index contributed by atoms with van der Waals surface area (Å²) in [5.41, 5.74) is 2.30. The summed E-state index contributed by atoms with van der Waals surface area (Å²) in [4.78, 5) is 16.6. The van der Waals surface area contributed by atoms with Gasteiger partial charge in [0.15, 0.2) is 0 Å². The standard InChI is InChI=1S/C16H21N3O2S/c1-10-7-11(2)19-16(14(10)8-17)22-12(3)15(20)18-9-13-5-4-6-21-13/h7,12-13H,4-6,9H2,1-3H3,(H,18,20)/t12-,13-/m0/s1. The van der Waals surface area contributed by atoms with Crippen molar-refractivity contribution in [3.8, 4) is 6.07 Å². The average Bonchev–Trinajstić information content (AvgIpc) is 2.97. The van der Waals surface area contributed by atoms with E-state index in [1.807, 2.05) is 26.8 Å². The van der Waals surface area contributed by atoms with Gasteiger partial charge in [-0.3, -0.25) is 4.79 Å². The molecule has 0 aromatic carbocycles. The Labute approximate surface area is 135 Å². The molecular formula is C16H21N3O2S. The summed E-state index contributed by atoms with van der Waals surface area (Å²) in [7, 11) is 0. The molecule has 2 rings (SSSR count). The van der Waals surface area contributed by atoms with E-state index in [-0.39, 0.29) is 17.3 Å². The van der Waals surface area contributed by atoms with Gasteiger partial charge in [0.05, 0.1) is 16.9 Å². The van der Waals surface area contributed by atoms with Gasteiger partial charge in [0.1, 0.15) is 11.1 Å². The molecule has 118 valence electrons. The zero-order chi connectivity index (χ0) is 16.1. The summed E-state index contributed by atoms with van der Waals surface area (Å²) in [6.07, 6.45) is 2.19. The van der Waals surface area contributed by atoms with Crippen LogP contribution in [0.2, 0.25) is 0 Å². The Morgan fingerprint density at radius 2 is 2.41 bits per heavy atom. The number of ether oxygens (including phenoxy) is 1. The molecule has 1 aliphatic rings. The van der Waals surface area contributed by atoms with E-state index in [0.29, 0.717) is 17.1 Å². The molecule has 1 N–H and O–H groups in total. The van der Waals surface area contributed by atoms with Gasteiger partial charge in [0, 0.05) is 18.8 Å². The maximum absolute atomic E-state index is 12.2. The molecule has 2 atom stereocenters. The molecule has 2 heterocycles. The topological polar surface area (TPSA) is 75.0 Å². The van der Waals surface area contributed by atoms with Crippen molar-refractivity contribution in [1.82, 2.24) is 10.3 Å². The summed E-state index contributed by atoms with van der Waals surface area (Å²) in [5, 5.41) is 12.5. The van der Waals surface area contributed by atoms with Crippen molar-refractivity contribution in [3.05, 3.63) is 22.9 Å². The van der Waals surface area contributed by atoms with Crippen molar-refractivity contribution in [2.45, 2.75) is 50.0 Å². The highest BCUT2D eigenvalue weighted by Gasteiger charge is 2.21. The van der Waals surface area contributed by atoms with Crippen LogP contribution in [-0.2, 0) is 9.53 Å². The lowest BCUT2D eigenvalue weighted by atomic mass is 10.1. The minimum atomic E-state index is -0.304. The van der Waals surface area contributed by atoms with Crippen LogP contribution in [0.1, 0.15) is 36.6 Å². The number of nitrogens with zero attached hydrogens (tertiary/aromatic N) is 2. The molecule has 0 saturated carbocycles. The van der Waals surface area contributed by atoms with E-state index in [1.54, 1.807) is 0 Å². The Hall–Kier alpha value is -1.58. The van der Waals surface area contributed by atoms with Crippen molar-refractivity contribution < 1.29 is 9.53 Å². The number of rotatable bonds is 5. The van der Waals surface area contributed by atoms with Gasteiger partial charge in [0.2, 0.25) is 5.91 Å². The molecule has 1 fully saturated rings. The number of aryl methyl sites for hydroxylation is 2. The van der Waals surface area contributed by atoms with Crippen LogP contribution >= 0.6 is 11.8 Å². The zero-order valence-electron chi connectivity index (χ0n) is 13.2. The van der Waals surface area contributed by atoms with Gasteiger partial charge in [0.25, 0.3) is 0 Å². The number of hydrogen-bond acceptors (Lipinski definition) is 5. The molecule has 0 aliphatic carbocycles. The van der Waals surface area contributed by atoms with Gasteiger partial charge >= 0.3 is 0 Å². The van der Waals surface area contributed by atoms with Gasteiger partial charge in [-0.05, 0) is 45.2 Å². The smallest absolute Gasteiger partial charge is 0.233 e. The number of nitriles is 1. The Morgan fingerprint density at radius 3 is 3.05 bits per heavy atom. The maximum atomic E-state index is 12.2. The first-order valence-corrected chi connectivity index (χ1v) is 8.33. The number of pyridine rings is 1. The number of carbonyl (C=O) groups excluding carboxylic acids is 1. The summed E-state index contributed by atoms with van der Waals surface area (Å²) >= 11 is 1.33. The van der Waals surface area contributed by atoms with E-state index >= 15 is 0 Å². The minimum absolute atomic E-state index is 0.0506. The Kier molecular flexibility index (Phi) is 5.81. The third-order valence-electron chi connectivity index (χ3n) is 3.61. The van der Waals surface area contributed by atoms with E-state index in [0.717, 1.165) is 30.7 Å². The Balaban J connectivity index is 1.97. The summed E-state index contributed by atoms with van der Waals surface area (Å²) in [6.45, 7) is 6.94. The van der Waals surface area contributed by atoms with Gasteiger partial charge < -0.3 is 10.1 Å². The van der Waals surface area contributed by atoms with Crippen LogP contribution in [0.3, 0.4) is 0 Å². The number of hydrogen-bond donors (Lipinski definition) is 1. The number of thioether (sulfide) groups is 1. The predicted molar refractivity (Wildman–Crippen MR) is 85.7 cm³/mol. The number of amides is 1. The Bertz CT molecular complexity index is 592. The van der Waals surface area contributed by atoms with E-state index in [2.05, 4.69) is 16.4 Å². The highest BCUT2D eigenvalue weighted by atomic mass is 32.2. The normalized spacial score (nSPS) is 18.7. The number of aromatic nitrogens is 1. The van der Waals surface area contributed by atoms with Gasteiger partial charge in [-0.25, -0.2) is 4.98 Å².